The minimum absolute atomic E-state index is 0.0460. The lowest BCUT2D eigenvalue weighted by Crippen LogP contribution is -2.49. The number of Topliss-reactive ketones (excluding diaryl/α,β-unsaturated/α-hetero) is 1. The molecular weight excluding hydrogens is 462 g/mol. The summed E-state index contributed by atoms with van der Waals surface area (Å²) in [6.45, 7) is 0. The molecule has 0 saturated heterocycles. The molecule has 2 aromatic carbocycles. The number of thiazole rings is 1. The molecule has 1 aliphatic carbocycles. The van der Waals surface area contributed by atoms with Crippen LogP contribution in [0.4, 0.5) is 0 Å². The highest BCUT2D eigenvalue weighted by atomic mass is 32.1. The van der Waals surface area contributed by atoms with E-state index in [4.69, 9.17) is 0 Å². The monoisotopic (exact) mass is 485 g/mol. The topological polar surface area (TPSA) is 106 Å². The highest BCUT2D eigenvalue weighted by Crippen LogP contribution is 2.28. The predicted octanol–water partition coefficient (Wildman–Crippen LogP) is 3.18. The second-order valence-electron chi connectivity index (χ2n) is 8.35. The van der Waals surface area contributed by atoms with Crippen LogP contribution in [0.2, 0.25) is 0 Å². The van der Waals surface area contributed by atoms with Crippen LogP contribution in [0.1, 0.15) is 28.9 Å². The van der Waals surface area contributed by atoms with Gasteiger partial charge in [0.1, 0.15) is 18.1 Å². The molecular formula is C26H23N5O3S. The summed E-state index contributed by atoms with van der Waals surface area (Å²) < 4.78 is 1.58. The summed E-state index contributed by atoms with van der Waals surface area (Å²) in [5, 5.41) is 6.05. The molecule has 1 aliphatic rings. The van der Waals surface area contributed by atoms with Gasteiger partial charge in [-0.2, -0.15) is 0 Å². The summed E-state index contributed by atoms with van der Waals surface area (Å²) in [5.74, 6) is -1.84. The Morgan fingerprint density at radius 1 is 1.00 bits per heavy atom. The quantitative estimate of drug-likeness (QED) is 0.354. The van der Waals surface area contributed by atoms with Crippen LogP contribution < -0.4 is 10.6 Å². The number of amides is 2. The van der Waals surface area contributed by atoms with E-state index < -0.39 is 23.6 Å². The van der Waals surface area contributed by atoms with Gasteiger partial charge in [-0.3, -0.25) is 19.0 Å². The van der Waals surface area contributed by atoms with Crippen molar-refractivity contribution in [2.24, 2.45) is 0 Å². The number of rotatable bonds is 9. The number of nitrogens with zero attached hydrogens (tertiary/aromatic N) is 3. The van der Waals surface area contributed by atoms with Crippen LogP contribution in [-0.4, -0.2) is 44.2 Å². The van der Waals surface area contributed by atoms with Crippen molar-refractivity contribution in [3.8, 4) is 15.6 Å². The molecule has 0 spiro atoms. The van der Waals surface area contributed by atoms with Crippen LogP contribution in [0.15, 0.2) is 79.4 Å². The Balaban J connectivity index is 1.37. The first-order chi connectivity index (χ1) is 17.1. The molecule has 1 unspecified atom stereocenters. The first-order valence-corrected chi connectivity index (χ1v) is 12.1. The third kappa shape index (κ3) is 5.36. The molecule has 2 N–H and O–H groups in total. The van der Waals surface area contributed by atoms with Crippen LogP contribution >= 0.6 is 11.3 Å². The molecule has 1 atom stereocenters. The second kappa shape index (κ2) is 10.0. The van der Waals surface area contributed by atoms with Crippen molar-refractivity contribution in [3.63, 3.8) is 0 Å². The Bertz CT molecular complexity index is 1350. The van der Waals surface area contributed by atoms with Gasteiger partial charge in [-0.05, 0) is 24.0 Å². The number of hydrogen-bond donors (Lipinski definition) is 2. The Morgan fingerprint density at radius 2 is 1.71 bits per heavy atom. The number of nitrogens with one attached hydrogen (secondary N) is 2. The molecule has 0 radical (unpaired) electrons. The maximum absolute atomic E-state index is 13.3. The third-order valence-electron chi connectivity index (χ3n) is 5.67. The van der Waals surface area contributed by atoms with Crippen LogP contribution in [0.3, 0.4) is 0 Å². The zero-order valence-corrected chi connectivity index (χ0v) is 19.6. The summed E-state index contributed by atoms with van der Waals surface area (Å²) in [6.07, 6.45) is 6.62. The van der Waals surface area contributed by atoms with Crippen LogP contribution in [0.5, 0.6) is 0 Å². The van der Waals surface area contributed by atoms with E-state index in [2.05, 4.69) is 20.6 Å². The number of hydrogen-bond acceptors (Lipinski definition) is 6. The van der Waals surface area contributed by atoms with Crippen molar-refractivity contribution < 1.29 is 14.4 Å². The van der Waals surface area contributed by atoms with E-state index in [9.17, 15) is 14.4 Å². The SMILES string of the molecule is O=C(NC1CC1)C(=O)C(Cc1ccccc1)NC(=O)c1cncn1-c1ncc(-c2ccccc2)s1. The molecule has 0 aliphatic heterocycles. The lowest BCUT2D eigenvalue weighted by molar-refractivity contribution is -0.139. The van der Waals surface area contributed by atoms with Crippen molar-refractivity contribution >= 4 is 28.9 Å². The highest BCUT2D eigenvalue weighted by Gasteiger charge is 2.32. The van der Waals surface area contributed by atoms with Gasteiger partial charge >= 0.3 is 0 Å². The third-order valence-corrected chi connectivity index (χ3v) is 6.72. The van der Waals surface area contributed by atoms with Gasteiger partial charge in [-0.15, -0.1) is 0 Å². The fraction of sp³-hybridized carbons (Fsp3) is 0.192. The van der Waals surface area contributed by atoms with E-state index in [1.165, 1.54) is 23.9 Å². The number of carbonyl (C=O) groups excluding carboxylic acids is 3. The smallest absolute Gasteiger partial charge is 0.289 e. The zero-order valence-electron chi connectivity index (χ0n) is 18.8. The average Bonchev–Trinajstić information content (AvgIpc) is 3.34. The molecule has 0 bridgehead atoms. The summed E-state index contributed by atoms with van der Waals surface area (Å²) in [7, 11) is 0. The van der Waals surface area contributed by atoms with Crippen molar-refractivity contribution in [2.45, 2.75) is 31.3 Å². The number of aromatic nitrogens is 3. The second-order valence-corrected chi connectivity index (χ2v) is 9.36. The fourth-order valence-electron chi connectivity index (χ4n) is 3.66. The number of carbonyl (C=O) groups is 3. The van der Waals surface area contributed by atoms with Gasteiger partial charge in [0.05, 0.1) is 11.1 Å². The van der Waals surface area contributed by atoms with Gasteiger partial charge in [0.2, 0.25) is 5.78 Å². The average molecular weight is 486 g/mol. The minimum Gasteiger partial charge on any atom is -0.347 e. The predicted molar refractivity (Wildman–Crippen MR) is 132 cm³/mol. The first-order valence-electron chi connectivity index (χ1n) is 11.3. The molecule has 9 heteroatoms. The fourth-order valence-corrected chi connectivity index (χ4v) is 4.57. The summed E-state index contributed by atoms with van der Waals surface area (Å²) in [4.78, 5) is 48.2. The van der Waals surface area contributed by atoms with E-state index in [1.807, 2.05) is 60.7 Å². The maximum atomic E-state index is 13.3. The van der Waals surface area contributed by atoms with E-state index in [0.717, 1.165) is 28.8 Å². The number of benzene rings is 2. The molecule has 8 nitrogen and oxygen atoms in total. The molecule has 35 heavy (non-hydrogen) atoms. The van der Waals surface area contributed by atoms with Gasteiger partial charge in [0.25, 0.3) is 11.8 Å². The van der Waals surface area contributed by atoms with Crippen molar-refractivity contribution in [1.29, 1.82) is 0 Å². The van der Waals surface area contributed by atoms with Crippen LogP contribution in [0, 0.1) is 0 Å². The lowest BCUT2D eigenvalue weighted by atomic mass is 10.0. The van der Waals surface area contributed by atoms with Gasteiger partial charge in [0, 0.05) is 18.7 Å². The normalized spacial score (nSPS) is 13.7. The Labute approximate surface area is 206 Å². The molecule has 4 aromatic rings. The van der Waals surface area contributed by atoms with Gasteiger partial charge in [-0.1, -0.05) is 72.0 Å². The number of ketones is 1. The molecule has 2 aromatic heterocycles. The molecule has 2 heterocycles. The van der Waals surface area contributed by atoms with E-state index in [0.29, 0.717) is 5.13 Å². The molecule has 1 saturated carbocycles. The summed E-state index contributed by atoms with van der Waals surface area (Å²) in [5.41, 5.74) is 2.09. The minimum atomic E-state index is -1.01. The van der Waals surface area contributed by atoms with Crippen molar-refractivity contribution in [3.05, 3.63) is 90.6 Å². The standard InChI is InChI=1S/C26H23N5O3S/c32-23(25(34)29-19-11-12-19)20(13-17-7-3-1-4-8-17)30-24(33)21-14-27-16-31(21)26-28-15-22(35-26)18-9-5-2-6-10-18/h1-10,14-16,19-20H,11-13H2,(H,29,34)(H,30,33). The van der Waals surface area contributed by atoms with E-state index >= 15 is 0 Å². The number of imidazole rings is 1. The van der Waals surface area contributed by atoms with Crippen LogP contribution in [0.25, 0.3) is 15.6 Å². The highest BCUT2D eigenvalue weighted by molar-refractivity contribution is 7.17. The molecule has 2 amide bonds. The molecule has 176 valence electrons. The van der Waals surface area contributed by atoms with E-state index in [1.54, 1.807) is 10.8 Å². The van der Waals surface area contributed by atoms with Crippen molar-refractivity contribution in [1.82, 2.24) is 25.2 Å². The van der Waals surface area contributed by atoms with Gasteiger partial charge < -0.3 is 10.6 Å². The molecule has 5 rings (SSSR count). The van der Waals surface area contributed by atoms with Gasteiger partial charge in [-0.25, -0.2) is 9.97 Å². The Morgan fingerprint density at radius 3 is 2.43 bits per heavy atom. The molecule has 1 fully saturated rings. The summed E-state index contributed by atoms with van der Waals surface area (Å²) >= 11 is 1.42. The summed E-state index contributed by atoms with van der Waals surface area (Å²) in [6, 6.07) is 18.2. The van der Waals surface area contributed by atoms with E-state index in [-0.39, 0.29) is 18.2 Å². The lowest BCUT2D eigenvalue weighted by Gasteiger charge is -2.18. The zero-order chi connectivity index (χ0) is 24.2. The van der Waals surface area contributed by atoms with Crippen LogP contribution in [-0.2, 0) is 16.0 Å². The maximum Gasteiger partial charge on any atom is 0.289 e. The Hall–Kier alpha value is -4.11. The van der Waals surface area contributed by atoms with Gasteiger partial charge in [0.15, 0.2) is 5.13 Å². The largest absolute Gasteiger partial charge is 0.347 e. The van der Waals surface area contributed by atoms with Crippen molar-refractivity contribution in [2.75, 3.05) is 0 Å². The Kier molecular flexibility index (Phi) is 6.49. The first kappa shape index (κ1) is 22.7.